The van der Waals surface area contributed by atoms with Crippen molar-refractivity contribution in [2.24, 2.45) is 0 Å². The Morgan fingerprint density at radius 1 is 1.40 bits per heavy atom. The summed E-state index contributed by atoms with van der Waals surface area (Å²) in [5, 5.41) is -0.810. The fraction of sp³-hybridized carbons (Fsp3) is 0.250. The first kappa shape index (κ1) is 1.72. The standard InChI is InChI=1S/C8H11ClSi/c1-10(2,9)8-6-4-3-5-7-8/h3-7H,1-2H3/i1D3,2D3,3D,4D,5D,6D,7D. The maximum atomic E-state index is 7.73. The summed E-state index contributed by atoms with van der Waals surface area (Å²) in [5.41, 5.74) is 0. The Hall–Kier alpha value is -0.273. The molecule has 1 aromatic carbocycles. The van der Waals surface area contributed by atoms with Gasteiger partial charge in [0.1, 0.15) is 0 Å². The van der Waals surface area contributed by atoms with Crippen molar-refractivity contribution in [3.05, 3.63) is 30.2 Å². The van der Waals surface area contributed by atoms with E-state index < -0.39 is 55.7 Å². The predicted octanol–water partition coefficient (Wildman–Crippen LogP) is 2.34. The van der Waals surface area contributed by atoms with E-state index in [0.29, 0.717) is 0 Å². The molecule has 54 valence electrons. The van der Waals surface area contributed by atoms with E-state index in [0.717, 1.165) is 0 Å². The van der Waals surface area contributed by atoms with Gasteiger partial charge in [-0.3, -0.25) is 0 Å². The molecule has 0 nitrogen and oxygen atoms in total. The minimum Gasteiger partial charge on any atom is -0.162 e. The largest absolute Gasteiger partial charge is 0.180 e. The summed E-state index contributed by atoms with van der Waals surface area (Å²) in [6.45, 7) is -6.35. The van der Waals surface area contributed by atoms with Gasteiger partial charge in [-0.25, -0.2) is 0 Å². The van der Waals surface area contributed by atoms with E-state index in [-0.39, 0.29) is 0 Å². The fourth-order valence-corrected chi connectivity index (χ4v) is 1.18. The zero-order chi connectivity index (χ0) is 17.0. The fourth-order valence-electron chi connectivity index (χ4n) is 0.422. The van der Waals surface area contributed by atoms with Gasteiger partial charge in [0.25, 0.3) is 0 Å². The van der Waals surface area contributed by atoms with Gasteiger partial charge in [-0.05, 0) is 5.19 Å². The van der Waals surface area contributed by atoms with E-state index in [2.05, 4.69) is 0 Å². The zero-order valence-electron chi connectivity index (χ0n) is 15.9. The summed E-state index contributed by atoms with van der Waals surface area (Å²) in [5.74, 6) is 0. The van der Waals surface area contributed by atoms with Crippen LogP contribution in [0.4, 0.5) is 0 Å². The van der Waals surface area contributed by atoms with Crippen LogP contribution in [0.15, 0.2) is 30.2 Å². The van der Waals surface area contributed by atoms with Gasteiger partial charge in [-0.1, -0.05) is 43.2 Å². The van der Waals surface area contributed by atoms with Crippen LogP contribution in [-0.4, -0.2) is 7.38 Å². The summed E-state index contributed by atoms with van der Waals surface area (Å²) in [6.07, 6.45) is 0. The third-order valence-corrected chi connectivity index (χ3v) is 2.35. The molecule has 0 N–H and O–H groups in total. The second-order valence-corrected chi connectivity index (χ2v) is 5.18. The Bertz CT molecular complexity index is 532. The Labute approximate surface area is 83.0 Å². The number of hydrogen-bond acceptors (Lipinski definition) is 0. The Balaban J connectivity index is 3.96. The van der Waals surface area contributed by atoms with Crippen molar-refractivity contribution >= 4 is 23.6 Å². The summed E-state index contributed by atoms with van der Waals surface area (Å²) in [4.78, 5) is 0. The highest BCUT2D eigenvalue weighted by atomic mass is 35.6. The molecule has 0 fully saturated rings. The Morgan fingerprint density at radius 2 is 2.00 bits per heavy atom. The lowest BCUT2D eigenvalue weighted by molar-refractivity contribution is 1.73. The highest BCUT2D eigenvalue weighted by Crippen LogP contribution is 2.06. The third-order valence-electron chi connectivity index (χ3n) is 0.844. The normalized spacial score (nSPS) is 29.9. The molecule has 0 bridgehead atoms. The number of hydrogen-bond donors (Lipinski definition) is 0. The van der Waals surface area contributed by atoms with Gasteiger partial charge >= 0.3 is 0 Å². The van der Waals surface area contributed by atoms with Crippen LogP contribution in [0.3, 0.4) is 0 Å². The van der Waals surface area contributed by atoms with Crippen molar-refractivity contribution in [3.8, 4) is 0 Å². The van der Waals surface area contributed by atoms with Gasteiger partial charge in [0.2, 0.25) is 0 Å². The molecule has 0 unspecified atom stereocenters. The summed E-state index contributed by atoms with van der Waals surface area (Å²) in [7, 11) is -4.93. The minimum absolute atomic E-state index is 0.738. The lowest BCUT2D eigenvalue weighted by Gasteiger charge is -2.11. The predicted molar refractivity (Wildman–Crippen MR) is 49.4 cm³/mol. The van der Waals surface area contributed by atoms with Crippen molar-refractivity contribution in [1.29, 1.82) is 0 Å². The van der Waals surface area contributed by atoms with Crippen molar-refractivity contribution < 1.29 is 15.1 Å². The molecule has 0 aromatic heterocycles. The molecule has 0 atom stereocenters. The molecular formula is C8H11ClSi. The molecule has 0 aliphatic heterocycles. The van der Waals surface area contributed by atoms with Crippen LogP contribution >= 0.6 is 11.1 Å². The average Bonchev–Trinajstić information content (AvgIpc) is 2.31. The summed E-state index contributed by atoms with van der Waals surface area (Å²) < 4.78 is 82.5. The molecule has 1 rings (SSSR count). The molecule has 0 aliphatic carbocycles. The Morgan fingerprint density at radius 3 is 2.50 bits per heavy atom. The van der Waals surface area contributed by atoms with Crippen molar-refractivity contribution in [2.45, 2.75) is 13.0 Å². The van der Waals surface area contributed by atoms with Gasteiger partial charge < -0.3 is 0 Å². The van der Waals surface area contributed by atoms with Gasteiger partial charge in [0.15, 0.2) is 7.38 Å². The lowest BCUT2D eigenvalue weighted by atomic mass is 10.4. The lowest BCUT2D eigenvalue weighted by Crippen LogP contribution is -2.34. The van der Waals surface area contributed by atoms with Crippen LogP contribution in [0.25, 0.3) is 0 Å². The maximum absolute atomic E-state index is 7.73. The molecule has 0 saturated heterocycles. The first-order valence-corrected chi connectivity index (χ1v) is 5.45. The first-order valence-electron chi connectivity index (χ1n) is 7.94. The second kappa shape index (κ2) is 2.77. The smallest absolute Gasteiger partial charge is 0.162 e. The summed E-state index contributed by atoms with van der Waals surface area (Å²) >= 11 is 5.97. The highest BCUT2D eigenvalue weighted by Gasteiger charge is 2.18. The first-order chi connectivity index (χ1) is 9.18. The number of benzene rings is 1. The molecule has 0 aliphatic rings. The molecule has 0 heterocycles. The molecule has 0 radical (unpaired) electrons. The molecule has 10 heavy (non-hydrogen) atoms. The van der Waals surface area contributed by atoms with Crippen molar-refractivity contribution in [3.63, 3.8) is 0 Å². The molecule has 1 aromatic rings. The van der Waals surface area contributed by atoms with Gasteiger partial charge in [0.05, 0.1) is 6.85 Å². The number of halogens is 1. The SMILES string of the molecule is [2H]c1c([2H])c([2H])c([Si](Cl)(C([2H])([2H])[2H])C([2H])([2H])[2H])c([2H])c1[2H]. The third kappa shape index (κ3) is 1.86. The maximum Gasteiger partial charge on any atom is 0.180 e. The van der Waals surface area contributed by atoms with E-state index in [1.165, 1.54) is 0 Å². The van der Waals surface area contributed by atoms with Crippen LogP contribution in [0.5, 0.6) is 0 Å². The highest BCUT2D eigenvalue weighted by molar-refractivity contribution is 7.26. The molecular weight excluding hydrogens is 160 g/mol. The van der Waals surface area contributed by atoms with Gasteiger partial charge in [-0.15, -0.1) is 0 Å². The van der Waals surface area contributed by atoms with Crippen LogP contribution in [-0.2, 0) is 0 Å². The van der Waals surface area contributed by atoms with E-state index in [4.69, 9.17) is 26.2 Å². The summed E-state index contributed by atoms with van der Waals surface area (Å²) in [6, 6.07) is -4.11. The van der Waals surface area contributed by atoms with E-state index in [1.807, 2.05) is 0 Å². The van der Waals surface area contributed by atoms with E-state index >= 15 is 0 Å². The quantitative estimate of drug-likeness (QED) is 0.461. The van der Waals surface area contributed by atoms with Crippen molar-refractivity contribution in [2.75, 3.05) is 0 Å². The molecule has 2 heteroatoms. The molecule has 0 amide bonds. The monoisotopic (exact) mass is 181 g/mol. The second-order valence-electron chi connectivity index (χ2n) is 1.66. The van der Waals surface area contributed by atoms with E-state index in [1.54, 1.807) is 0 Å². The van der Waals surface area contributed by atoms with Crippen LogP contribution in [0, 0.1) is 0 Å². The van der Waals surface area contributed by atoms with Crippen LogP contribution in [0.2, 0.25) is 13.0 Å². The molecule has 0 spiro atoms. The van der Waals surface area contributed by atoms with E-state index in [9.17, 15) is 0 Å². The van der Waals surface area contributed by atoms with Crippen LogP contribution < -0.4 is 5.19 Å². The van der Waals surface area contributed by atoms with Crippen molar-refractivity contribution in [1.82, 2.24) is 0 Å². The number of rotatable bonds is 1. The van der Waals surface area contributed by atoms with Crippen LogP contribution in [0.1, 0.15) is 15.1 Å². The topological polar surface area (TPSA) is 0 Å². The minimum atomic E-state index is -4.93. The Kier molecular flexibility index (Phi) is 0.477. The average molecular weight is 182 g/mol. The molecule has 0 saturated carbocycles. The van der Waals surface area contributed by atoms with Gasteiger partial charge in [-0.2, -0.15) is 11.1 Å². The zero-order valence-corrected chi connectivity index (χ0v) is 6.63. The van der Waals surface area contributed by atoms with Gasteiger partial charge in [0, 0.05) is 8.22 Å².